The van der Waals surface area contributed by atoms with Crippen LogP contribution in [0, 0.1) is 0 Å². The van der Waals surface area contributed by atoms with Gasteiger partial charge in [-0.3, -0.25) is 4.79 Å². The Balaban J connectivity index is 2.17. The minimum absolute atomic E-state index is 0.141. The number of benzene rings is 1. The monoisotopic (exact) mass is 436 g/mol. The summed E-state index contributed by atoms with van der Waals surface area (Å²) in [5.41, 5.74) is 1.93. The zero-order valence-corrected chi connectivity index (χ0v) is 14.7. The second kappa shape index (κ2) is 6.19. The zero-order valence-electron chi connectivity index (χ0n) is 9.96. The van der Waals surface area contributed by atoms with Gasteiger partial charge in [-0.25, -0.2) is 0 Å². The standard InChI is InChI=1S/C14H15Br3O/c15-13(16)11-6-4-10(5-7-11)12(18)14(17)8-2-1-3-9-14/h4-7,13H,1-3,8-9H2. The lowest BCUT2D eigenvalue weighted by atomic mass is 9.83. The number of ketones is 1. The molecule has 0 aromatic heterocycles. The number of carbonyl (C=O) groups excluding carboxylic acids is 1. The highest BCUT2D eigenvalue weighted by atomic mass is 79.9. The molecule has 0 N–H and O–H groups in total. The van der Waals surface area contributed by atoms with Gasteiger partial charge in [0.25, 0.3) is 0 Å². The number of carbonyl (C=O) groups is 1. The molecule has 1 nitrogen and oxygen atoms in total. The molecule has 0 spiro atoms. The van der Waals surface area contributed by atoms with Crippen molar-refractivity contribution in [1.82, 2.24) is 0 Å². The van der Waals surface area contributed by atoms with Crippen LogP contribution in [-0.2, 0) is 0 Å². The molecule has 98 valence electrons. The summed E-state index contributed by atoms with van der Waals surface area (Å²) in [5.74, 6) is 0.231. The van der Waals surface area contributed by atoms with E-state index in [9.17, 15) is 4.79 Å². The summed E-state index contributed by atoms with van der Waals surface area (Å²) in [5, 5.41) is 0. The number of alkyl halides is 3. The third kappa shape index (κ3) is 3.26. The van der Waals surface area contributed by atoms with Crippen LogP contribution in [0.3, 0.4) is 0 Å². The summed E-state index contributed by atoms with van der Waals surface area (Å²) >= 11 is 10.6. The Bertz CT molecular complexity index is 419. The smallest absolute Gasteiger partial charge is 0.179 e. The van der Waals surface area contributed by atoms with E-state index in [0.29, 0.717) is 0 Å². The Morgan fingerprint density at radius 2 is 1.61 bits per heavy atom. The predicted octanol–water partition coefficient (Wildman–Crippen LogP) is 5.76. The Kier molecular flexibility index (Phi) is 5.06. The summed E-state index contributed by atoms with van der Waals surface area (Å²) in [6.07, 6.45) is 5.43. The van der Waals surface area contributed by atoms with Crippen LogP contribution in [-0.4, -0.2) is 10.1 Å². The van der Waals surface area contributed by atoms with E-state index in [1.54, 1.807) is 0 Å². The summed E-state index contributed by atoms with van der Waals surface area (Å²) in [6, 6.07) is 7.82. The van der Waals surface area contributed by atoms with Crippen LogP contribution in [0.2, 0.25) is 0 Å². The number of hydrogen-bond acceptors (Lipinski definition) is 1. The van der Waals surface area contributed by atoms with E-state index in [2.05, 4.69) is 47.8 Å². The molecular formula is C14H15Br3O. The van der Waals surface area contributed by atoms with Gasteiger partial charge in [0.2, 0.25) is 0 Å². The SMILES string of the molecule is O=C(c1ccc(C(Br)Br)cc1)C1(Br)CCCCC1. The molecule has 0 atom stereocenters. The van der Waals surface area contributed by atoms with E-state index in [1.807, 2.05) is 24.3 Å². The van der Waals surface area contributed by atoms with Crippen LogP contribution in [0.15, 0.2) is 24.3 Å². The molecule has 0 heterocycles. The summed E-state index contributed by atoms with van der Waals surface area (Å²) < 4.78 is -0.184. The van der Waals surface area contributed by atoms with E-state index in [1.165, 1.54) is 6.42 Å². The average molecular weight is 439 g/mol. The molecule has 2 rings (SSSR count). The first-order valence-electron chi connectivity index (χ1n) is 6.15. The van der Waals surface area contributed by atoms with Crippen LogP contribution >= 0.6 is 47.8 Å². The van der Waals surface area contributed by atoms with Crippen molar-refractivity contribution < 1.29 is 4.79 Å². The second-order valence-corrected chi connectivity index (χ2v) is 9.36. The van der Waals surface area contributed by atoms with Gasteiger partial charge in [-0.05, 0) is 18.4 Å². The first-order valence-corrected chi connectivity index (χ1v) is 8.77. The van der Waals surface area contributed by atoms with Gasteiger partial charge in [0.15, 0.2) is 5.78 Å². The van der Waals surface area contributed by atoms with Crippen molar-refractivity contribution in [2.75, 3.05) is 0 Å². The maximum absolute atomic E-state index is 12.5. The second-order valence-electron chi connectivity index (χ2n) is 4.78. The largest absolute Gasteiger partial charge is 0.293 e. The minimum atomic E-state index is -0.324. The van der Waals surface area contributed by atoms with Crippen LogP contribution in [0.4, 0.5) is 0 Å². The number of rotatable bonds is 3. The fourth-order valence-corrected chi connectivity index (χ4v) is 3.78. The highest BCUT2D eigenvalue weighted by Crippen LogP contribution is 2.39. The molecule has 0 amide bonds. The van der Waals surface area contributed by atoms with Gasteiger partial charge < -0.3 is 0 Å². The maximum atomic E-state index is 12.5. The minimum Gasteiger partial charge on any atom is -0.293 e. The number of halogens is 3. The molecule has 1 aliphatic rings. The summed E-state index contributed by atoms with van der Waals surface area (Å²) in [7, 11) is 0. The third-order valence-electron chi connectivity index (χ3n) is 3.48. The molecule has 1 fully saturated rings. The van der Waals surface area contributed by atoms with Gasteiger partial charge >= 0.3 is 0 Å². The van der Waals surface area contributed by atoms with E-state index < -0.39 is 0 Å². The van der Waals surface area contributed by atoms with Crippen molar-refractivity contribution in [1.29, 1.82) is 0 Å². The van der Waals surface area contributed by atoms with Crippen molar-refractivity contribution in [3.05, 3.63) is 35.4 Å². The van der Waals surface area contributed by atoms with Crippen LogP contribution < -0.4 is 0 Å². The Labute approximate surface area is 133 Å². The fourth-order valence-electron chi connectivity index (χ4n) is 2.38. The molecule has 18 heavy (non-hydrogen) atoms. The van der Waals surface area contributed by atoms with Crippen molar-refractivity contribution >= 4 is 53.6 Å². The molecule has 0 saturated heterocycles. The molecule has 1 saturated carbocycles. The molecule has 0 aliphatic heterocycles. The van der Waals surface area contributed by atoms with Gasteiger partial charge in [-0.15, -0.1) is 0 Å². The average Bonchev–Trinajstić information content (AvgIpc) is 2.39. The summed E-state index contributed by atoms with van der Waals surface area (Å²) in [6.45, 7) is 0. The molecule has 1 aromatic rings. The molecule has 1 aliphatic carbocycles. The maximum Gasteiger partial charge on any atom is 0.179 e. The van der Waals surface area contributed by atoms with Gasteiger partial charge in [0.05, 0.1) is 8.06 Å². The lowest BCUT2D eigenvalue weighted by molar-refractivity contribution is 0.0923. The van der Waals surface area contributed by atoms with Gasteiger partial charge in [0.1, 0.15) is 0 Å². The predicted molar refractivity (Wildman–Crippen MR) is 86.1 cm³/mol. The van der Waals surface area contributed by atoms with E-state index in [0.717, 1.165) is 36.8 Å². The molecule has 0 radical (unpaired) electrons. The van der Waals surface area contributed by atoms with E-state index in [4.69, 9.17) is 0 Å². The molecule has 0 bridgehead atoms. The van der Waals surface area contributed by atoms with Crippen molar-refractivity contribution in [2.45, 2.75) is 40.2 Å². The highest BCUT2D eigenvalue weighted by Gasteiger charge is 2.37. The topological polar surface area (TPSA) is 17.1 Å². The zero-order chi connectivity index (χ0) is 13.2. The van der Waals surface area contributed by atoms with E-state index >= 15 is 0 Å². The quantitative estimate of drug-likeness (QED) is 0.433. The summed E-state index contributed by atoms with van der Waals surface area (Å²) in [4.78, 5) is 12.5. The van der Waals surface area contributed by atoms with Crippen LogP contribution in [0.5, 0.6) is 0 Å². The van der Waals surface area contributed by atoms with Crippen LogP contribution in [0.25, 0.3) is 0 Å². The number of Topliss-reactive ketones (excluding diaryl/α,β-unsaturated/α-hetero) is 1. The molecule has 0 unspecified atom stereocenters. The van der Waals surface area contributed by atoms with Crippen molar-refractivity contribution in [2.24, 2.45) is 0 Å². The van der Waals surface area contributed by atoms with Crippen molar-refractivity contribution in [3.8, 4) is 0 Å². The Morgan fingerprint density at radius 3 is 2.11 bits per heavy atom. The van der Waals surface area contributed by atoms with Gasteiger partial charge in [0, 0.05) is 5.56 Å². The Morgan fingerprint density at radius 1 is 1.06 bits per heavy atom. The third-order valence-corrected chi connectivity index (χ3v) is 5.69. The molecular weight excluding hydrogens is 424 g/mol. The normalized spacial score (nSPS) is 18.9. The highest BCUT2D eigenvalue weighted by molar-refractivity contribution is 9.24. The van der Waals surface area contributed by atoms with Crippen molar-refractivity contribution in [3.63, 3.8) is 0 Å². The van der Waals surface area contributed by atoms with Gasteiger partial charge in [-0.1, -0.05) is 91.3 Å². The number of hydrogen-bond donors (Lipinski definition) is 0. The first-order chi connectivity index (χ1) is 8.53. The lowest BCUT2D eigenvalue weighted by Gasteiger charge is -2.30. The van der Waals surface area contributed by atoms with Gasteiger partial charge in [-0.2, -0.15) is 0 Å². The Hall–Kier alpha value is 0.330. The molecule has 1 aromatic carbocycles. The fraction of sp³-hybridized carbons (Fsp3) is 0.500. The first kappa shape index (κ1) is 14.7. The van der Waals surface area contributed by atoms with Crippen LogP contribution in [0.1, 0.15) is 51.8 Å². The van der Waals surface area contributed by atoms with E-state index in [-0.39, 0.29) is 13.8 Å². The lowest BCUT2D eigenvalue weighted by Crippen LogP contribution is -2.34. The molecule has 4 heteroatoms.